The molecule has 0 aliphatic carbocycles. The number of benzene rings is 1. The molecule has 0 fully saturated rings. The highest BCUT2D eigenvalue weighted by molar-refractivity contribution is 9.10. The van der Waals surface area contributed by atoms with Crippen LogP contribution in [0.15, 0.2) is 52.1 Å². The number of halogens is 1. The lowest BCUT2D eigenvalue weighted by molar-refractivity contribution is 0.0696. The highest BCUT2D eigenvalue weighted by Gasteiger charge is 2.18. The summed E-state index contributed by atoms with van der Waals surface area (Å²) in [7, 11) is -3.74. The molecule has 110 valence electrons. The molecule has 0 amide bonds. The van der Waals surface area contributed by atoms with E-state index in [4.69, 9.17) is 5.11 Å². The molecule has 0 unspecified atom stereocenters. The summed E-state index contributed by atoms with van der Waals surface area (Å²) in [6.45, 7) is 0.123. The Morgan fingerprint density at radius 2 is 1.90 bits per heavy atom. The Hall–Kier alpha value is -1.77. The van der Waals surface area contributed by atoms with E-state index in [0.29, 0.717) is 0 Å². The fourth-order valence-electron chi connectivity index (χ4n) is 1.61. The van der Waals surface area contributed by atoms with Crippen molar-refractivity contribution in [2.75, 3.05) is 0 Å². The van der Waals surface area contributed by atoms with Crippen LogP contribution in [0.5, 0.6) is 0 Å². The van der Waals surface area contributed by atoms with Crippen molar-refractivity contribution in [3.63, 3.8) is 0 Å². The Bertz CT molecular complexity index is 763. The van der Waals surface area contributed by atoms with E-state index in [9.17, 15) is 13.2 Å². The number of carboxylic acid groups (broad SMARTS) is 1. The van der Waals surface area contributed by atoms with E-state index >= 15 is 0 Å². The SMILES string of the molecule is O=C(O)c1ccc(S(=O)(=O)NCc2ccncc2)c(Br)c1. The number of carboxylic acids is 1. The van der Waals surface area contributed by atoms with Crippen LogP contribution in [-0.4, -0.2) is 24.5 Å². The molecule has 0 atom stereocenters. The van der Waals surface area contributed by atoms with E-state index in [0.717, 1.165) is 5.56 Å². The molecule has 0 saturated carbocycles. The van der Waals surface area contributed by atoms with Gasteiger partial charge in [-0.1, -0.05) is 0 Å². The van der Waals surface area contributed by atoms with Gasteiger partial charge in [0.05, 0.1) is 10.5 Å². The number of rotatable bonds is 5. The Balaban J connectivity index is 2.22. The lowest BCUT2D eigenvalue weighted by Gasteiger charge is -2.09. The lowest BCUT2D eigenvalue weighted by atomic mass is 10.2. The van der Waals surface area contributed by atoms with Gasteiger partial charge in [-0.05, 0) is 51.8 Å². The molecule has 0 aliphatic rings. The van der Waals surface area contributed by atoms with Crippen molar-refractivity contribution >= 4 is 31.9 Å². The highest BCUT2D eigenvalue weighted by atomic mass is 79.9. The molecule has 2 N–H and O–H groups in total. The average Bonchev–Trinajstić information content (AvgIpc) is 2.46. The third-order valence-corrected chi connectivity index (χ3v) is 5.06. The molecule has 0 radical (unpaired) electrons. The van der Waals surface area contributed by atoms with E-state index < -0.39 is 16.0 Å². The van der Waals surface area contributed by atoms with Gasteiger partial charge in [-0.25, -0.2) is 17.9 Å². The second-order valence-corrected chi connectivity index (χ2v) is 6.72. The maximum atomic E-state index is 12.2. The lowest BCUT2D eigenvalue weighted by Crippen LogP contribution is -2.23. The van der Waals surface area contributed by atoms with Crippen molar-refractivity contribution in [3.8, 4) is 0 Å². The molecule has 6 nitrogen and oxygen atoms in total. The van der Waals surface area contributed by atoms with Gasteiger partial charge in [0.1, 0.15) is 0 Å². The van der Waals surface area contributed by atoms with Crippen LogP contribution in [0, 0.1) is 0 Å². The second kappa shape index (κ2) is 6.33. The van der Waals surface area contributed by atoms with Crippen LogP contribution in [0.4, 0.5) is 0 Å². The van der Waals surface area contributed by atoms with Crippen LogP contribution >= 0.6 is 15.9 Å². The van der Waals surface area contributed by atoms with E-state index in [1.54, 1.807) is 24.5 Å². The van der Waals surface area contributed by atoms with Crippen LogP contribution in [0.3, 0.4) is 0 Å². The highest BCUT2D eigenvalue weighted by Crippen LogP contribution is 2.23. The van der Waals surface area contributed by atoms with Crippen molar-refractivity contribution in [1.82, 2.24) is 9.71 Å². The zero-order valence-corrected chi connectivity index (χ0v) is 13.1. The fraction of sp³-hybridized carbons (Fsp3) is 0.0769. The first-order valence-electron chi connectivity index (χ1n) is 5.81. The Labute approximate surface area is 130 Å². The van der Waals surface area contributed by atoms with E-state index in [-0.39, 0.29) is 21.5 Å². The van der Waals surface area contributed by atoms with E-state index in [2.05, 4.69) is 25.6 Å². The smallest absolute Gasteiger partial charge is 0.335 e. The number of pyridine rings is 1. The monoisotopic (exact) mass is 370 g/mol. The van der Waals surface area contributed by atoms with Crippen molar-refractivity contribution in [2.45, 2.75) is 11.4 Å². The molecule has 1 aromatic carbocycles. The second-order valence-electron chi connectivity index (χ2n) is 4.13. The summed E-state index contributed by atoms with van der Waals surface area (Å²) >= 11 is 3.08. The average molecular weight is 371 g/mol. The predicted molar refractivity (Wildman–Crippen MR) is 79.4 cm³/mol. The third-order valence-electron chi connectivity index (χ3n) is 2.68. The first-order valence-corrected chi connectivity index (χ1v) is 8.09. The van der Waals surface area contributed by atoms with Gasteiger partial charge in [-0.3, -0.25) is 4.98 Å². The molecule has 0 bridgehead atoms. The van der Waals surface area contributed by atoms with Gasteiger partial charge in [0, 0.05) is 23.4 Å². The van der Waals surface area contributed by atoms with E-state index in [1.807, 2.05) is 0 Å². The summed E-state index contributed by atoms with van der Waals surface area (Å²) in [5, 5.41) is 8.86. The number of carbonyl (C=O) groups is 1. The van der Waals surface area contributed by atoms with Gasteiger partial charge in [-0.15, -0.1) is 0 Å². The summed E-state index contributed by atoms with van der Waals surface area (Å²) in [6.07, 6.45) is 3.14. The summed E-state index contributed by atoms with van der Waals surface area (Å²) in [4.78, 5) is 14.7. The zero-order chi connectivity index (χ0) is 15.5. The van der Waals surface area contributed by atoms with Gasteiger partial charge in [-0.2, -0.15) is 0 Å². The summed E-state index contributed by atoms with van der Waals surface area (Å²) < 4.78 is 27.1. The summed E-state index contributed by atoms with van der Waals surface area (Å²) in [6, 6.07) is 7.15. The molecular formula is C13H11BrN2O4S. The third kappa shape index (κ3) is 3.87. The van der Waals surface area contributed by atoms with Crippen molar-refractivity contribution in [2.24, 2.45) is 0 Å². The molecule has 21 heavy (non-hydrogen) atoms. The van der Waals surface area contributed by atoms with Crippen molar-refractivity contribution < 1.29 is 18.3 Å². The maximum absolute atomic E-state index is 12.2. The van der Waals surface area contributed by atoms with Crippen LogP contribution in [0.1, 0.15) is 15.9 Å². The first kappa shape index (κ1) is 15.6. The number of hydrogen-bond acceptors (Lipinski definition) is 4. The molecule has 0 aliphatic heterocycles. The molecule has 1 aromatic heterocycles. The molecule has 0 spiro atoms. The van der Waals surface area contributed by atoms with Crippen molar-refractivity contribution in [1.29, 1.82) is 0 Å². The number of aromatic nitrogens is 1. The van der Waals surface area contributed by atoms with Crippen molar-refractivity contribution in [3.05, 3.63) is 58.3 Å². The topological polar surface area (TPSA) is 96.4 Å². The van der Waals surface area contributed by atoms with Gasteiger partial charge in [0.15, 0.2) is 0 Å². The molecule has 8 heteroatoms. The minimum absolute atomic E-state index is 0.00922. The van der Waals surface area contributed by atoms with Gasteiger partial charge < -0.3 is 5.11 Å². The normalized spacial score (nSPS) is 11.3. The number of sulfonamides is 1. The zero-order valence-electron chi connectivity index (χ0n) is 10.7. The van der Waals surface area contributed by atoms with Gasteiger partial charge in [0.2, 0.25) is 10.0 Å². The Kier molecular flexibility index (Phi) is 4.71. The number of nitrogens with one attached hydrogen (secondary N) is 1. The van der Waals surface area contributed by atoms with Crippen LogP contribution in [0.2, 0.25) is 0 Å². The van der Waals surface area contributed by atoms with Crippen LogP contribution < -0.4 is 4.72 Å². The Morgan fingerprint density at radius 1 is 1.24 bits per heavy atom. The first-order chi connectivity index (χ1) is 9.90. The molecule has 2 rings (SSSR count). The maximum Gasteiger partial charge on any atom is 0.335 e. The quantitative estimate of drug-likeness (QED) is 0.838. The molecule has 2 aromatic rings. The molecule has 1 heterocycles. The minimum Gasteiger partial charge on any atom is -0.478 e. The van der Waals surface area contributed by atoms with Gasteiger partial charge >= 0.3 is 5.97 Å². The fourth-order valence-corrected chi connectivity index (χ4v) is 3.70. The van der Waals surface area contributed by atoms with Crippen LogP contribution in [-0.2, 0) is 16.6 Å². The standard InChI is InChI=1S/C13H11BrN2O4S/c14-11-7-10(13(17)18)1-2-12(11)21(19,20)16-8-9-3-5-15-6-4-9/h1-7,16H,8H2,(H,17,18). The number of nitrogens with zero attached hydrogens (tertiary/aromatic N) is 1. The minimum atomic E-state index is -3.74. The molecule has 0 saturated heterocycles. The largest absolute Gasteiger partial charge is 0.478 e. The summed E-state index contributed by atoms with van der Waals surface area (Å²) in [5.74, 6) is -1.12. The molecular weight excluding hydrogens is 360 g/mol. The Morgan fingerprint density at radius 3 is 2.48 bits per heavy atom. The number of hydrogen-bond donors (Lipinski definition) is 2. The summed E-state index contributed by atoms with van der Waals surface area (Å²) in [5.41, 5.74) is 0.779. The van der Waals surface area contributed by atoms with Gasteiger partial charge in [0.25, 0.3) is 0 Å². The van der Waals surface area contributed by atoms with E-state index in [1.165, 1.54) is 18.2 Å². The number of aromatic carboxylic acids is 1. The predicted octanol–water partition coefficient (Wildman–Crippen LogP) is 2.02. The van der Waals surface area contributed by atoms with Crippen LogP contribution in [0.25, 0.3) is 0 Å².